The van der Waals surface area contributed by atoms with Crippen LogP contribution in [-0.4, -0.2) is 35.9 Å². The van der Waals surface area contributed by atoms with Crippen molar-refractivity contribution < 1.29 is 22.9 Å². The second kappa shape index (κ2) is 8.43. The number of halogens is 2. The van der Waals surface area contributed by atoms with Gasteiger partial charge in [0.15, 0.2) is 4.90 Å². The Hall–Kier alpha value is -1.57. The van der Waals surface area contributed by atoms with Gasteiger partial charge in [-0.1, -0.05) is 62.8 Å². The van der Waals surface area contributed by atoms with Crippen LogP contribution in [0.4, 0.5) is 5.69 Å². The third-order valence-corrected chi connectivity index (χ3v) is 7.21. The molecule has 0 saturated carbocycles. The summed E-state index contributed by atoms with van der Waals surface area (Å²) in [4.78, 5) is 22.4. The van der Waals surface area contributed by atoms with Crippen LogP contribution >= 0.6 is 38.5 Å². The Morgan fingerprint density at radius 1 is 1.18 bits per heavy atom. The molecule has 0 unspecified atom stereocenters. The van der Waals surface area contributed by atoms with Gasteiger partial charge in [0, 0.05) is 20.9 Å². The fraction of sp³-hybridized carbons (Fsp3) is 0.235. The summed E-state index contributed by atoms with van der Waals surface area (Å²) in [5.41, 5.74) is 0.165. The molecule has 2 aromatic rings. The number of nitrogens with zero attached hydrogens (tertiary/aromatic N) is 1. The van der Waals surface area contributed by atoms with E-state index in [9.17, 15) is 23.3 Å². The maximum Gasteiger partial charge on any atom is 0.325 e. The average molecular weight is 581 g/mol. The van der Waals surface area contributed by atoms with Crippen molar-refractivity contribution in [2.45, 2.75) is 23.0 Å². The molecule has 0 amide bonds. The molecule has 28 heavy (non-hydrogen) atoms. The van der Waals surface area contributed by atoms with Crippen molar-refractivity contribution in [3.8, 4) is 0 Å². The first-order valence-electron chi connectivity index (χ1n) is 8.02. The number of rotatable bonds is 6. The molecule has 1 heterocycles. The number of ether oxygens (including phenoxy) is 1. The summed E-state index contributed by atoms with van der Waals surface area (Å²) in [5.74, 6) is -1.27. The van der Waals surface area contributed by atoms with Gasteiger partial charge in [0.2, 0.25) is 10.0 Å². The fourth-order valence-electron chi connectivity index (χ4n) is 3.06. The summed E-state index contributed by atoms with van der Waals surface area (Å²) < 4.78 is 34.7. The minimum atomic E-state index is -4.34. The highest BCUT2D eigenvalue weighted by atomic mass is 127. The summed E-state index contributed by atoms with van der Waals surface area (Å²) in [5, 5.41) is 11.2. The van der Waals surface area contributed by atoms with E-state index in [-0.39, 0.29) is 0 Å². The smallest absolute Gasteiger partial charge is 0.325 e. The highest BCUT2D eigenvalue weighted by Gasteiger charge is 2.47. The highest BCUT2D eigenvalue weighted by molar-refractivity contribution is 14.1. The van der Waals surface area contributed by atoms with Gasteiger partial charge < -0.3 is 4.74 Å². The summed E-state index contributed by atoms with van der Waals surface area (Å²) in [6, 6.07) is 10.9. The van der Waals surface area contributed by atoms with Crippen molar-refractivity contribution in [1.82, 2.24) is 4.72 Å². The number of nitro benzene ring substituents is 1. The lowest BCUT2D eigenvalue weighted by Gasteiger charge is -2.21. The molecule has 148 valence electrons. The van der Waals surface area contributed by atoms with Crippen LogP contribution in [0.5, 0.6) is 0 Å². The molecule has 1 fully saturated rings. The van der Waals surface area contributed by atoms with Gasteiger partial charge >= 0.3 is 5.97 Å². The van der Waals surface area contributed by atoms with Gasteiger partial charge in [-0.2, -0.15) is 4.72 Å². The molecule has 3 rings (SSSR count). The van der Waals surface area contributed by atoms with Crippen LogP contribution in [0.3, 0.4) is 0 Å². The van der Waals surface area contributed by atoms with Gasteiger partial charge in [-0.25, -0.2) is 8.42 Å². The number of hydrogen-bond acceptors (Lipinski definition) is 6. The molecule has 1 aliphatic heterocycles. The Balaban J connectivity index is 2.00. The van der Waals surface area contributed by atoms with Crippen molar-refractivity contribution in [1.29, 1.82) is 0 Å². The van der Waals surface area contributed by atoms with Crippen molar-refractivity contribution in [2.75, 3.05) is 4.43 Å². The summed E-state index contributed by atoms with van der Waals surface area (Å²) >= 11 is 5.41. The zero-order valence-corrected chi connectivity index (χ0v) is 18.7. The first kappa shape index (κ1) is 21.1. The summed E-state index contributed by atoms with van der Waals surface area (Å²) in [6.07, 6.45) is -0.521. The van der Waals surface area contributed by atoms with E-state index in [4.69, 9.17) is 4.74 Å². The summed E-state index contributed by atoms with van der Waals surface area (Å²) in [6.45, 7) is 0. The molecule has 0 spiro atoms. The maximum absolute atomic E-state index is 12.9. The number of carbonyl (C=O) groups excluding carboxylic acids is 1. The second-order valence-corrected chi connectivity index (χ2v) is 9.51. The first-order valence-corrected chi connectivity index (χ1v) is 11.8. The molecule has 1 saturated heterocycles. The number of alkyl halides is 1. The number of para-hydroxylation sites is 1. The highest BCUT2D eigenvalue weighted by Crippen LogP contribution is 2.35. The van der Waals surface area contributed by atoms with Crippen molar-refractivity contribution in [3.63, 3.8) is 0 Å². The van der Waals surface area contributed by atoms with E-state index < -0.39 is 49.6 Å². The number of hydrogen-bond donors (Lipinski definition) is 1. The average Bonchev–Trinajstić information content (AvgIpc) is 2.97. The molecule has 0 aliphatic carbocycles. The van der Waals surface area contributed by atoms with E-state index in [2.05, 4.69) is 43.2 Å². The van der Waals surface area contributed by atoms with Gasteiger partial charge in [0.05, 0.1) is 4.92 Å². The standard InChI is InChI=1S/C17H14BrIN2O6S/c18-11-7-5-10(6-8-11)15-13(9-19)27-17(22)16(15)20-28(25,26)14-4-2-1-3-12(14)21(23)24/h1-8,13,15-16,20H,9H2/t13-,15-,16+/m1/s1. The Bertz CT molecular complexity index is 1010. The predicted molar refractivity (Wildman–Crippen MR) is 113 cm³/mol. The molecule has 8 nitrogen and oxygen atoms in total. The molecule has 1 aliphatic rings. The van der Waals surface area contributed by atoms with Gasteiger partial charge in [0.25, 0.3) is 5.69 Å². The van der Waals surface area contributed by atoms with Crippen molar-refractivity contribution in [3.05, 3.63) is 68.7 Å². The van der Waals surface area contributed by atoms with E-state index in [1.807, 2.05) is 0 Å². The van der Waals surface area contributed by atoms with Crippen LogP contribution in [0.1, 0.15) is 11.5 Å². The molecular weight excluding hydrogens is 567 g/mol. The number of cyclic esters (lactones) is 1. The predicted octanol–water partition coefficient (Wildman–Crippen LogP) is 3.15. The minimum absolute atomic E-state index is 0.466. The van der Waals surface area contributed by atoms with Crippen molar-refractivity contribution >= 4 is 60.2 Å². The third kappa shape index (κ3) is 4.21. The number of sulfonamides is 1. The van der Waals surface area contributed by atoms with Crippen LogP contribution in [-0.2, 0) is 19.6 Å². The number of benzene rings is 2. The zero-order valence-electron chi connectivity index (χ0n) is 14.1. The molecule has 0 bridgehead atoms. The lowest BCUT2D eigenvalue weighted by Crippen LogP contribution is -2.42. The molecule has 11 heteroatoms. The maximum atomic E-state index is 12.9. The Kier molecular flexibility index (Phi) is 6.37. The second-order valence-electron chi connectivity index (χ2n) is 6.03. The number of nitrogens with one attached hydrogen (secondary N) is 1. The van der Waals surface area contributed by atoms with Gasteiger partial charge in [-0.15, -0.1) is 0 Å². The normalized spacial score (nSPS) is 22.1. The largest absolute Gasteiger partial charge is 0.460 e. The quantitative estimate of drug-likeness (QED) is 0.184. The van der Waals surface area contributed by atoms with Crippen LogP contribution in [0, 0.1) is 10.1 Å². The van der Waals surface area contributed by atoms with Crippen LogP contribution in [0.2, 0.25) is 0 Å². The van der Waals surface area contributed by atoms with E-state index in [1.165, 1.54) is 12.1 Å². The molecule has 0 radical (unpaired) electrons. The number of esters is 1. The molecule has 3 atom stereocenters. The third-order valence-electron chi connectivity index (χ3n) is 4.32. The zero-order chi connectivity index (χ0) is 20.5. The molecule has 0 aromatic heterocycles. The number of nitro groups is 1. The van der Waals surface area contributed by atoms with Gasteiger partial charge in [0.1, 0.15) is 12.1 Å². The molecule has 1 N–H and O–H groups in total. The lowest BCUT2D eigenvalue weighted by molar-refractivity contribution is -0.387. The SMILES string of the molecule is O=C1O[C@H](CI)[C@@H](c2ccc(Br)cc2)[C@@H]1NS(=O)(=O)c1ccccc1[N+](=O)[O-]. The summed E-state index contributed by atoms with van der Waals surface area (Å²) in [7, 11) is -4.34. The Labute approximate surface area is 183 Å². The number of carbonyl (C=O) groups is 1. The van der Waals surface area contributed by atoms with Gasteiger partial charge in [-0.05, 0) is 23.8 Å². The van der Waals surface area contributed by atoms with E-state index in [1.54, 1.807) is 24.3 Å². The van der Waals surface area contributed by atoms with E-state index in [0.717, 1.165) is 22.2 Å². The molecular formula is C17H14BrIN2O6S. The van der Waals surface area contributed by atoms with E-state index >= 15 is 0 Å². The Morgan fingerprint density at radius 2 is 1.82 bits per heavy atom. The van der Waals surface area contributed by atoms with Crippen LogP contribution < -0.4 is 4.72 Å². The monoisotopic (exact) mass is 580 g/mol. The lowest BCUT2D eigenvalue weighted by atomic mass is 9.90. The van der Waals surface area contributed by atoms with Crippen LogP contribution in [0.15, 0.2) is 57.9 Å². The van der Waals surface area contributed by atoms with Crippen molar-refractivity contribution in [2.24, 2.45) is 0 Å². The Morgan fingerprint density at radius 3 is 2.43 bits per heavy atom. The minimum Gasteiger partial charge on any atom is -0.460 e. The molecule has 2 aromatic carbocycles. The van der Waals surface area contributed by atoms with Gasteiger partial charge in [-0.3, -0.25) is 14.9 Å². The topological polar surface area (TPSA) is 116 Å². The van der Waals surface area contributed by atoms with Crippen LogP contribution in [0.25, 0.3) is 0 Å². The fourth-order valence-corrected chi connectivity index (χ4v) is 5.44. The first-order chi connectivity index (χ1) is 13.2. The van der Waals surface area contributed by atoms with E-state index in [0.29, 0.717) is 4.43 Å².